The second kappa shape index (κ2) is 11.8. The Kier molecular flexibility index (Phi) is 9.82. The average molecular weight is 734 g/mol. The molecule has 0 radical (unpaired) electrons. The van der Waals surface area contributed by atoms with Crippen LogP contribution in [0.25, 0.3) is 0 Å². The summed E-state index contributed by atoms with van der Waals surface area (Å²) in [5, 5.41) is 1.18. The summed E-state index contributed by atoms with van der Waals surface area (Å²) < 4.78 is 1.46. The van der Waals surface area contributed by atoms with E-state index in [0.717, 1.165) is 0 Å². The van der Waals surface area contributed by atoms with Crippen molar-refractivity contribution in [2.45, 2.75) is 57.3 Å². The van der Waals surface area contributed by atoms with E-state index >= 15 is 0 Å². The van der Waals surface area contributed by atoms with Crippen LogP contribution in [0, 0.1) is 4.51 Å². The third-order valence-corrected chi connectivity index (χ3v) is 24.9. The summed E-state index contributed by atoms with van der Waals surface area (Å²) in [6, 6.07) is 15.9. The number of para-hydroxylation sites is 1. The van der Waals surface area contributed by atoms with Gasteiger partial charge in [-0.15, -0.1) is 0 Å². The standard InChI is InChI=1S/C22H29I3N2S/c1-3-5-9-15-27(16-10-6-4-2)18-13-14-20-22(17-18)28(25(23)24)21-12-8-7-11-19(21)26-20/h7-8,11-14,17H,3-6,9-10,15-16H2,1-2H3. The first-order chi connectivity index (χ1) is 13.7. The van der Waals surface area contributed by atoms with Crippen LogP contribution in [-0.2, 0) is 0 Å². The molecule has 1 aliphatic rings. The van der Waals surface area contributed by atoms with Gasteiger partial charge in [0, 0.05) is 0 Å². The first-order valence-corrected chi connectivity index (χ1v) is 26.5. The predicted molar refractivity (Wildman–Crippen MR) is 152 cm³/mol. The molecule has 0 aliphatic carbocycles. The van der Waals surface area contributed by atoms with Gasteiger partial charge in [-0.3, -0.25) is 0 Å². The first-order valence-electron chi connectivity index (χ1n) is 10.1. The van der Waals surface area contributed by atoms with Crippen molar-refractivity contribution in [2.75, 3.05) is 18.0 Å². The fourth-order valence-electron chi connectivity index (χ4n) is 3.49. The minimum atomic E-state index is -1.13. The number of fused-ring (bicyclic) bond motifs is 2. The van der Waals surface area contributed by atoms with Crippen molar-refractivity contribution >= 4 is 66.7 Å². The van der Waals surface area contributed by atoms with Crippen LogP contribution in [-0.4, -0.2) is 13.1 Å². The van der Waals surface area contributed by atoms with Crippen molar-refractivity contribution in [3.63, 3.8) is 0 Å². The molecular weight excluding hydrogens is 705 g/mol. The molecule has 0 saturated carbocycles. The molecule has 0 bridgehead atoms. The zero-order valence-electron chi connectivity index (χ0n) is 16.6. The van der Waals surface area contributed by atoms with Crippen LogP contribution in [0.2, 0.25) is 0 Å². The van der Waals surface area contributed by atoms with Gasteiger partial charge in [0.2, 0.25) is 0 Å². The molecule has 154 valence electrons. The average Bonchev–Trinajstić information content (AvgIpc) is 2.70. The van der Waals surface area contributed by atoms with Gasteiger partial charge in [-0.25, -0.2) is 0 Å². The van der Waals surface area contributed by atoms with E-state index in [4.69, 9.17) is 4.99 Å². The van der Waals surface area contributed by atoms with Crippen LogP contribution in [0.4, 0.5) is 11.4 Å². The Hall–Kier alpha value is 0.580. The van der Waals surface area contributed by atoms with Gasteiger partial charge < -0.3 is 0 Å². The van der Waals surface area contributed by atoms with Crippen molar-refractivity contribution in [1.82, 2.24) is 0 Å². The van der Waals surface area contributed by atoms with Crippen molar-refractivity contribution in [3.05, 3.63) is 52.3 Å². The molecule has 2 aromatic rings. The number of halogens is 3. The monoisotopic (exact) mass is 734 g/mol. The molecule has 0 N–H and O–H groups in total. The topological polar surface area (TPSA) is 15.6 Å². The Balaban J connectivity index is 1.99. The van der Waals surface area contributed by atoms with Crippen LogP contribution in [0.5, 0.6) is 0 Å². The number of rotatable bonds is 10. The molecule has 28 heavy (non-hydrogen) atoms. The summed E-state index contributed by atoms with van der Waals surface area (Å²) in [7, 11) is -0.909. The number of unbranched alkanes of at least 4 members (excludes halogenated alkanes) is 4. The van der Waals surface area contributed by atoms with Gasteiger partial charge in [0.1, 0.15) is 0 Å². The quantitative estimate of drug-likeness (QED) is 0.135. The molecule has 1 aliphatic heterocycles. The molecule has 0 amide bonds. The summed E-state index contributed by atoms with van der Waals surface area (Å²) in [5.74, 6) is 0. The molecule has 1 heterocycles. The van der Waals surface area contributed by atoms with E-state index in [1.807, 2.05) is 0 Å². The van der Waals surface area contributed by atoms with Gasteiger partial charge in [-0.05, 0) is 0 Å². The SMILES string of the molecule is CCCCCN(CCCCC)c1ccc2c(c1)S(I(I)I)=c1ccccc1=N2. The third-order valence-electron chi connectivity index (χ3n) is 4.98. The normalized spacial score (nSPS) is 15.4. The molecule has 0 aromatic heterocycles. The van der Waals surface area contributed by atoms with Crippen LogP contribution in [0.1, 0.15) is 52.4 Å². The molecule has 0 spiro atoms. The van der Waals surface area contributed by atoms with Gasteiger partial charge in [-0.2, -0.15) is 0 Å². The molecule has 0 saturated heterocycles. The van der Waals surface area contributed by atoms with E-state index < -0.39 is 10.5 Å². The summed E-state index contributed by atoms with van der Waals surface area (Å²) in [4.78, 5) is 9.12. The summed E-state index contributed by atoms with van der Waals surface area (Å²) in [6.07, 6.45) is 7.78. The summed E-state index contributed by atoms with van der Waals surface area (Å²) in [6.45, 7) is 6.93. The van der Waals surface area contributed by atoms with E-state index in [2.05, 4.69) is 98.4 Å². The number of nitrogens with zero attached hydrogens (tertiary/aromatic N) is 2. The number of anilines is 1. The second-order valence-corrected chi connectivity index (χ2v) is 43.0. The van der Waals surface area contributed by atoms with E-state index in [-0.39, 0.29) is 7.66 Å². The maximum absolute atomic E-state index is 5.00. The molecule has 1 atom stereocenters. The number of hydrogen-bond acceptors (Lipinski definition) is 2. The zero-order valence-corrected chi connectivity index (χ0v) is 23.9. The fourth-order valence-corrected chi connectivity index (χ4v) is 23.8. The van der Waals surface area contributed by atoms with Gasteiger partial charge in [0.05, 0.1) is 0 Å². The molecule has 0 fully saturated rings. The van der Waals surface area contributed by atoms with Crippen LogP contribution < -0.4 is 10.3 Å². The van der Waals surface area contributed by atoms with Crippen molar-refractivity contribution in [2.24, 2.45) is 4.99 Å². The van der Waals surface area contributed by atoms with Crippen molar-refractivity contribution < 1.29 is 0 Å². The fraction of sp³-hybridized carbons (Fsp3) is 0.455. The number of hydrogen-bond donors (Lipinski definition) is 0. The predicted octanol–water partition coefficient (Wildman–Crippen LogP) is 8.84. The van der Waals surface area contributed by atoms with Gasteiger partial charge >= 0.3 is 199 Å². The van der Waals surface area contributed by atoms with Gasteiger partial charge in [0.15, 0.2) is 0 Å². The zero-order chi connectivity index (χ0) is 19.9. The molecular formula is C22H29I3N2S. The molecule has 2 nitrogen and oxygen atoms in total. The van der Waals surface area contributed by atoms with Crippen LogP contribution in [0.3, 0.4) is 0 Å². The molecule has 6 heteroatoms. The first kappa shape index (κ1) is 23.2. The Labute approximate surface area is 197 Å². The number of benzene rings is 2. The maximum atomic E-state index is 5.00. The van der Waals surface area contributed by atoms with Crippen LogP contribution in [0.15, 0.2) is 52.4 Å². The molecule has 1 unspecified atom stereocenters. The van der Waals surface area contributed by atoms with E-state index in [1.165, 1.54) is 77.8 Å². The Morgan fingerprint density at radius 2 is 1.61 bits per heavy atom. The third kappa shape index (κ3) is 5.84. The van der Waals surface area contributed by atoms with Gasteiger partial charge in [0.25, 0.3) is 0 Å². The van der Waals surface area contributed by atoms with Gasteiger partial charge in [-0.1, -0.05) is 0 Å². The second-order valence-electron chi connectivity index (χ2n) is 7.06. The van der Waals surface area contributed by atoms with Crippen LogP contribution >= 0.6 is 55.4 Å². The summed E-state index contributed by atoms with van der Waals surface area (Å²) in [5.41, 5.74) is 2.60. The Morgan fingerprint density at radius 1 is 0.929 bits per heavy atom. The van der Waals surface area contributed by atoms with Crippen molar-refractivity contribution in [3.8, 4) is 0 Å². The van der Waals surface area contributed by atoms with Crippen molar-refractivity contribution in [1.29, 1.82) is 0 Å². The van der Waals surface area contributed by atoms with E-state index in [1.54, 1.807) is 0 Å². The Morgan fingerprint density at radius 3 is 2.25 bits per heavy atom. The minimum absolute atomic E-state index is 0.222. The van der Waals surface area contributed by atoms with E-state index in [9.17, 15) is 0 Å². The molecule has 3 rings (SSSR count). The molecule has 2 aromatic carbocycles. The summed E-state index contributed by atoms with van der Waals surface area (Å²) >= 11 is 5.48. The van der Waals surface area contributed by atoms with E-state index in [0.29, 0.717) is 0 Å². The Bertz CT molecular complexity index is 904.